The Balaban J connectivity index is 2.38. The van der Waals surface area contributed by atoms with Crippen molar-refractivity contribution < 1.29 is 18.0 Å². The molecule has 1 atom stereocenters. The van der Waals surface area contributed by atoms with Gasteiger partial charge < -0.3 is 4.90 Å². The number of rotatable bonds is 1. The van der Waals surface area contributed by atoms with Crippen LogP contribution in [0.3, 0.4) is 0 Å². The van der Waals surface area contributed by atoms with Gasteiger partial charge in [-0.05, 0) is 6.42 Å². The van der Waals surface area contributed by atoms with E-state index in [2.05, 4.69) is 0 Å². The SMILES string of the molecule is CC(=O)N1CC[C@H](NC(F)(F)F)C1. The van der Waals surface area contributed by atoms with Crippen molar-refractivity contribution >= 4 is 5.91 Å². The number of alkyl halides is 3. The first-order valence-electron chi connectivity index (χ1n) is 3.98. The molecule has 1 heterocycles. The summed E-state index contributed by atoms with van der Waals surface area (Å²) in [5, 5.41) is 1.51. The van der Waals surface area contributed by atoms with Gasteiger partial charge in [-0.3, -0.25) is 4.79 Å². The highest BCUT2D eigenvalue weighted by molar-refractivity contribution is 5.73. The fourth-order valence-corrected chi connectivity index (χ4v) is 1.40. The molecule has 1 saturated heterocycles. The molecule has 0 unspecified atom stereocenters. The highest BCUT2D eigenvalue weighted by atomic mass is 19.4. The molecule has 76 valence electrons. The molecule has 0 aromatic carbocycles. The zero-order valence-electron chi connectivity index (χ0n) is 7.19. The van der Waals surface area contributed by atoms with Crippen molar-refractivity contribution in [1.29, 1.82) is 0 Å². The van der Waals surface area contributed by atoms with Gasteiger partial charge in [0.2, 0.25) is 5.91 Å². The van der Waals surface area contributed by atoms with Gasteiger partial charge in [-0.1, -0.05) is 0 Å². The molecular formula is C7H11F3N2O. The summed E-state index contributed by atoms with van der Waals surface area (Å²) in [6.45, 7) is 1.91. The minimum Gasteiger partial charge on any atom is -0.341 e. The van der Waals surface area contributed by atoms with E-state index in [9.17, 15) is 18.0 Å². The van der Waals surface area contributed by atoms with Crippen LogP contribution >= 0.6 is 0 Å². The van der Waals surface area contributed by atoms with Crippen LogP contribution in [0, 0.1) is 0 Å². The van der Waals surface area contributed by atoms with Crippen molar-refractivity contribution in [2.75, 3.05) is 13.1 Å². The van der Waals surface area contributed by atoms with Crippen molar-refractivity contribution in [1.82, 2.24) is 10.2 Å². The van der Waals surface area contributed by atoms with E-state index in [1.807, 2.05) is 0 Å². The van der Waals surface area contributed by atoms with E-state index in [4.69, 9.17) is 0 Å². The van der Waals surface area contributed by atoms with Crippen molar-refractivity contribution in [2.24, 2.45) is 0 Å². The maximum atomic E-state index is 11.8. The van der Waals surface area contributed by atoms with Crippen LogP contribution in [0.2, 0.25) is 0 Å². The van der Waals surface area contributed by atoms with Crippen LogP contribution in [0.15, 0.2) is 0 Å². The minimum absolute atomic E-state index is 0.148. The van der Waals surface area contributed by atoms with Gasteiger partial charge in [0.25, 0.3) is 0 Å². The highest BCUT2D eigenvalue weighted by Gasteiger charge is 2.34. The molecule has 0 aromatic heterocycles. The quantitative estimate of drug-likeness (QED) is 0.626. The third-order valence-corrected chi connectivity index (χ3v) is 2.00. The molecule has 0 spiro atoms. The number of amides is 1. The van der Waals surface area contributed by atoms with Gasteiger partial charge in [0.15, 0.2) is 0 Å². The normalized spacial score (nSPS) is 23.7. The van der Waals surface area contributed by atoms with E-state index in [-0.39, 0.29) is 12.5 Å². The molecule has 1 fully saturated rings. The van der Waals surface area contributed by atoms with Crippen molar-refractivity contribution in [2.45, 2.75) is 25.7 Å². The molecule has 0 bridgehead atoms. The molecule has 1 amide bonds. The Kier molecular flexibility index (Phi) is 2.80. The molecule has 0 saturated carbocycles. The lowest BCUT2D eigenvalue weighted by molar-refractivity contribution is -0.163. The van der Waals surface area contributed by atoms with Crippen LogP contribution in [-0.2, 0) is 4.79 Å². The second kappa shape index (κ2) is 3.53. The zero-order chi connectivity index (χ0) is 10.1. The Hall–Kier alpha value is -0.780. The van der Waals surface area contributed by atoms with Crippen molar-refractivity contribution in [3.8, 4) is 0 Å². The monoisotopic (exact) mass is 196 g/mol. The van der Waals surface area contributed by atoms with Gasteiger partial charge in [-0.2, -0.15) is 13.2 Å². The predicted molar refractivity (Wildman–Crippen MR) is 39.8 cm³/mol. The number of likely N-dealkylation sites (tertiary alicyclic amines) is 1. The molecule has 1 rings (SSSR count). The lowest BCUT2D eigenvalue weighted by atomic mass is 10.3. The predicted octanol–water partition coefficient (Wildman–Crippen LogP) is 0.717. The standard InChI is InChI=1S/C7H11F3N2O/c1-5(13)12-3-2-6(4-12)11-7(8,9)10/h6,11H,2-4H2,1H3/t6-/m0/s1. The van der Waals surface area contributed by atoms with Crippen LogP contribution in [0.4, 0.5) is 13.2 Å². The third kappa shape index (κ3) is 3.22. The molecule has 0 aliphatic carbocycles. The van der Waals surface area contributed by atoms with Gasteiger partial charge in [-0.15, -0.1) is 0 Å². The average molecular weight is 196 g/mol. The summed E-state index contributed by atoms with van der Waals surface area (Å²) in [4.78, 5) is 12.2. The number of halogens is 3. The first kappa shape index (κ1) is 10.3. The minimum atomic E-state index is -4.35. The number of nitrogens with zero attached hydrogens (tertiary/aromatic N) is 1. The summed E-state index contributed by atoms with van der Waals surface area (Å²) in [7, 11) is 0. The zero-order valence-corrected chi connectivity index (χ0v) is 7.19. The van der Waals surface area contributed by atoms with Crippen LogP contribution in [0.1, 0.15) is 13.3 Å². The third-order valence-electron chi connectivity index (χ3n) is 2.00. The van der Waals surface area contributed by atoms with E-state index in [0.717, 1.165) is 0 Å². The van der Waals surface area contributed by atoms with Gasteiger partial charge in [0.1, 0.15) is 0 Å². The maximum absolute atomic E-state index is 11.8. The molecule has 1 N–H and O–H groups in total. The molecule has 1 aliphatic heterocycles. The van der Waals surface area contributed by atoms with Gasteiger partial charge in [0, 0.05) is 26.1 Å². The summed E-state index contributed by atoms with van der Waals surface area (Å²) in [6, 6.07) is -0.649. The summed E-state index contributed by atoms with van der Waals surface area (Å²) in [5.74, 6) is -0.175. The fraction of sp³-hybridized carbons (Fsp3) is 0.857. The van der Waals surface area contributed by atoms with Gasteiger partial charge in [0.05, 0.1) is 0 Å². The smallest absolute Gasteiger partial charge is 0.341 e. The second-order valence-corrected chi connectivity index (χ2v) is 3.09. The summed E-state index contributed by atoms with van der Waals surface area (Å²) in [6.07, 6.45) is -3.99. The average Bonchev–Trinajstić information content (AvgIpc) is 2.31. The van der Waals surface area contributed by atoms with Crippen LogP contribution in [0.25, 0.3) is 0 Å². The molecule has 3 nitrogen and oxygen atoms in total. The molecule has 1 aliphatic rings. The number of hydrogen-bond acceptors (Lipinski definition) is 2. The van der Waals surface area contributed by atoms with Gasteiger partial charge >= 0.3 is 6.30 Å². The number of carbonyl (C=O) groups excluding carboxylic acids is 1. The summed E-state index contributed by atoms with van der Waals surface area (Å²) < 4.78 is 35.5. The molecule has 6 heteroatoms. The van der Waals surface area contributed by atoms with Crippen LogP contribution < -0.4 is 5.32 Å². The van der Waals surface area contributed by atoms with E-state index in [1.54, 1.807) is 0 Å². The molecule has 13 heavy (non-hydrogen) atoms. The second-order valence-electron chi connectivity index (χ2n) is 3.09. The Morgan fingerprint density at radius 3 is 2.54 bits per heavy atom. The van der Waals surface area contributed by atoms with Crippen molar-refractivity contribution in [3.63, 3.8) is 0 Å². The lowest BCUT2D eigenvalue weighted by Crippen LogP contribution is -2.42. The Bertz CT molecular complexity index is 204. The topological polar surface area (TPSA) is 32.3 Å². The first-order chi connectivity index (χ1) is 5.88. The lowest BCUT2D eigenvalue weighted by Gasteiger charge is -2.16. The largest absolute Gasteiger partial charge is 0.457 e. The molecule has 0 radical (unpaired) electrons. The number of hydrogen-bond donors (Lipinski definition) is 1. The summed E-state index contributed by atoms with van der Waals surface area (Å²) >= 11 is 0. The van der Waals surface area contributed by atoms with Crippen LogP contribution in [-0.4, -0.2) is 36.2 Å². The van der Waals surface area contributed by atoms with E-state index < -0.39 is 12.3 Å². The molecular weight excluding hydrogens is 185 g/mol. The molecule has 0 aromatic rings. The van der Waals surface area contributed by atoms with E-state index >= 15 is 0 Å². The Labute approximate surface area is 73.9 Å². The Morgan fingerprint density at radius 1 is 1.54 bits per heavy atom. The van der Waals surface area contributed by atoms with Gasteiger partial charge in [-0.25, -0.2) is 5.32 Å². The van der Waals surface area contributed by atoms with Crippen LogP contribution in [0.5, 0.6) is 0 Å². The number of carbonyl (C=O) groups is 1. The van der Waals surface area contributed by atoms with E-state index in [0.29, 0.717) is 13.0 Å². The highest BCUT2D eigenvalue weighted by Crippen LogP contribution is 2.16. The maximum Gasteiger partial charge on any atom is 0.457 e. The Morgan fingerprint density at radius 2 is 2.15 bits per heavy atom. The summed E-state index contributed by atoms with van der Waals surface area (Å²) in [5.41, 5.74) is 0. The number of nitrogens with one attached hydrogen (secondary N) is 1. The van der Waals surface area contributed by atoms with Crippen molar-refractivity contribution in [3.05, 3.63) is 0 Å². The fourth-order valence-electron chi connectivity index (χ4n) is 1.40. The first-order valence-corrected chi connectivity index (χ1v) is 3.98. The van der Waals surface area contributed by atoms with E-state index in [1.165, 1.54) is 17.1 Å².